The summed E-state index contributed by atoms with van der Waals surface area (Å²) in [5.74, 6) is 0.717. The van der Waals surface area contributed by atoms with Gasteiger partial charge in [0.2, 0.25) is 0 Å². The maximum absolute atomic E-state index is 12.2. The molecular weight excluding hydrogens is 268 g/mol. The molecule has 1 aromatic rings. The summed E-state index contributed by atoms with van der Waals surface area (Å²) in [6.45, 7) is 1.20. The summed E-state index contributed by atoms with van der Waals surface area (Å²) in [4.78, 5) is 0. The summed E-state index contributed by atoms with van der Waals surface area (Å²) in [5, 5.41) is 2.50. The smallest absolute Gasteiger partial charge is 0.159 e. The zero-order valence-electron chi connectivity index (χ0n) is 10.2. The van der Waals surface area contributed by atoms with Crippen LogP contribution in [0.4, 0.5) is 0 Å². The van der Waals surface area contributed by atoms with Gasteiger partial charge < -0.3 is 11.1 Å². The van der Waals surface area contributed by atoms with E-state index in [1.54, 1.807) is 0 Å². The van der Waals surface area contributed by atoms with Crippen LogP contribution in [0, 0.1) is 0 Å². The molecule has 0 heterocycles. The normalized spacial score (nSPS) is 13.4. The van der Waals surface area contributed by atoms with Gasteiger partial charge in [-0.2, -0.15) is 12.6 Å². The summed E-state index contributed by atoms with van der Waals surface area (Å²) >= 11 is 4.06. The average Bonchev–Trinajstić information content (AvgIpc) is 2.35. The average molecular weight is 288 g/mol. The molecule has 1 rings (SSSR count). The van der Waals surface area contributed by atoms with Gasteiger partial charge in [-0.1, -0.05) is 30.3 Å². The zero-order valence-corrected chi connectivity index (χ0v) is 12.0. The number of sulfone groups is 1. The molecule has 3 N–H and O–H groups in total. The van der Waals surface area contributed by atoms with Gasteiger partial charge in [-0.15, -0.1) is 0 Å². The first-order valence-electron chi connectivity index (χ1n) is 5.87. The second-order valence-corrected chi connectivity index (χ2v) is 6.81. The van der Waals surface area contributed by atoms with E-state index in [0.717, 1.165) is 5.56 Å². The monoisotopic (exact) mass is 288 g/mol. The highest BCUT2D eigenvalue weighted by Crippen LogP contribution is 2.10. The molecule has 0 saturated heterocycles. The maximum Gasteiger partial charge on any atom is 0.159 e. The number of thiol groups is 1. The van der Waals surface area contributed by atoms with Gasteiger partial charge >= 0.3 is 0 Å². The molecule has 0 aliphatic heterocycles. The van der Waals surface area contributed by atoms with Gasteiger partial charge in [-0.25, -0.2) is 8.42 Å². The Balaban J connectivity index is 2.65. The van der Waals surface area contributed by atoms with Crippen molar-refractivity contribution in [2.24, 2.45) is 5.73 Å². The lowest BCUT2D eigenvalue weighted by Gasteiger charge is -2.16. The lowest BCUT2D eigenvalue weighted by molar-refractivity contribution is 0.567. The summed E-state index contributed by atoms with van der Waals surface area (Å²) in [5.41, 5.74) is 6.35. The van der Waals surface area contributed by atoms with Gasteiger partial charge in [0, 0.05) is 25.4 Å². The van der Waals surface area contributed by atoms with Gasteiger partial charge in [-0.3, -0.25) is 0 Å². The molecular formula is C12H20N2O2S2. The van der Waals surface area contributed by atoms with Crippen molar-refractivity contribution < 1.29 is 8.42 Å². The zero-order chi connectivity index (χ0) is 13.4. The van der Waals surface area contributed by atoms with E-state index >= 15 is 0 Å². The number of rotatable bonds is 8. The molecule has 0 aromatic heterocycles. The second-order valence-electron chi connectivity index (χ2n) is 4.08. The van der Waals surface area contributed by atoms with Crippen molar-refractivity contribution in [1.29, 1.82) is 0 Å². The summed E-state index contributed by atoms with van der Waals surface area (Å²) in [7, 11) is -3.22. The minimum absolute atomic E-state index is 0.0399. The largest absolute Gasteiger partial charge is 0.329 e. The van der Waals surface area contributed by atoms with Crippen molar-refractivity contribution in [3.05, 3.63) is 35.9 Å². The molecule has 0 aliphatic rings. The lowest BCUT2D eigenvalue weighted by Crippen LogP contribution is -2.40. The molecule has 18 heavy (non-hydrogen) atoms. The van der Waals surface area contributed by atoms with E-state index in [1.165, 1.54) is 0 Å². The third kappa shape index (κ3) is 4.97. The van der Waals surface area contributed by atoms with Gasteiger partial charge in [0.25, 0.3) is 0 Å². The highest BCUT2D eigenvalue weighted by Gasteiger charge is 2.23. The number of nitrogens with one attached hydrogen (secondary N) is 1. The first-order valence-corrected chi connectivity index (χ1v) is 8.22. The van der Waals surface area contributed by atoms with Gasteiger partial charge in [-0.05, 0) is 5.56 Å². The van der Waals surface area contributed by atoms with Crippen LogP contribution in [0.5, 0.6) is 0 Å². The second kappa shape index (κ2) is 7.78. The quantitative estimate of drug-likeness (QED) is 0.480. The summed E-state index contributed by atoms with van der Waals surface area (Å²) in [6, 6.07) is 9.16. The van der Waals surface area contributed by atoms with Gasteiger partial charge in [0.1, 0.15) is 0 Å². The number of benzene rings is 1. The molecule has 1 aromatic carbocycles. The highest BCUT2D eigenvalue weighted by molar-refractivity contribution is 7.91. The molecule has 1 atom stereocenters. The number of nitrogens with two attached hydrogens (primary N) is 1. The molecule has 4 nitrogen and oxygen atoms in total. The molecule has 0 spiro atoms. The van der Waals surface area contributed by atoms with Crippen molar-refractivity contribution in [3.63, 3.8) is 0 Å². The molecule has 6 heteroatoms. The Hall–Kier alpha value is -0.560. The minimum Gasteiger partial charge on any atom is -0.329 e. The Labute approximate surface area is 114 Å². The van der Waals surface area contributed by atoms with E-state index in [4.69, 9.17) is 5.73 Å². The molecule has 1 unspecified atom stereocenters. The Morgan fingerprint density at radius 1 is 1.28 bits per heavy atom. The summed E-state index contributed by atoms with van der Waals surface area (Å²) < 4.78 is 24.4. The van der Waals surface area contributed by atoms with Crippen LogP contribution in [0.1, 0.15) is 5.56 Å². The molecule has 0 fully saturated rings. The Kier molecular flexibility index (Phi) is 6.70. The van der Waals surface area contributed by atoms with Crippen LogP contribution in [0.25, 0.3) is 0 Å². The van der Waals surface area contributed by atoms with Crippen LogP contribution < -0.4 is 11.1 Å². The van der Waals surface area contributed by atoms with E-state index < -0.39 is 15.1 Å². The topological polar surface area (TPSA) is 72.2 Å². The van der Waals surface area contributed by atoms with Crippen LogP contribution in [0.3, 0.4) is 0 Å². The van der Waals surface area contributed by atoms with Crippen LogP contribution in [-0.4, -0.2) is 39.1 Å². The first-order chi connectivity index (χ1) is 8.60. The van der Waals surface area contributed by atoms with Crippen molar-refractivity contribution in [1.82, 2.24) is 5.32 Å². The highest BCUT2D eigenvalue weighted by atomic mass is 32.2. The Morgan fingerprint density at radius 3 is 2.50 bits per heavy atom. The molecule has 0 bridgehead atoms. The predicted molar refractivity (Wildman–Crippen MR) is 78.6 cm³/mol. The minimum atomic E-state index is -3.22. The fraction of sp³-hybridized carbons (Fsp3) is 0.500. The third-order valence-electron chi connectivity index (χ3n) is 2.64. The van der Waals surface area contributed by atoms with Crippen molar-refractivity contribution in [2.45, 2.75) is 11.0 Å². The Morgan fingerprint density at radius 2 is 1.94 bits per heavy atom. The fourth-order valence-electron chi connectivity index (χ4n) is 1.62. The molecule has 102 valence electrons. The van der Waals surface area contributed by atoms with E-state index in [2.05, 4.69) is 17.9 Å². The molecule has 0 amide bonds. The van der Waals surface area contributed by atoms with Crippen molar-refractivity contribution in [2.75, 3.05) is 25.4 Å². The van der Waals surface area contributed by atoms with Gasteiger partial charge in [0.05, 0.1) is 11.0 Å². The van der Waals surface area contributed by atoms with E-state index in [0.29, 0.717) is 18.8 Å². The standard InChI is InChI=1S/C12H20N2O2S2/c13-8-12(9-14-6-7-17)18(15,16)10-11-4-2-1-3-5-11/h1-5,12,14,17H,6-10,13H2. The van der Waals surface area contributed by atoms with E-state index in [-0.39, 0.29) is 12.3 Å². The van der Waals surface area contributed by atoms with Crippen molar-refractivity contribution in [3.8, 4) is 0 Å². The van der Waals surface area contributed by atoms with Crippen LogP contribution >= 0.6 is 12.6 Å². The molecule has 0 saturated carbocycles. The van der Waals surface area contributed by atoms with Crippen LogP contribution in [0.15, 0.2) is 30.3 Å². The van der Waals surface area contributed by atoms with E-state index in [1.807, 2.05) is 30.3 Å². The van der Waals surface area contributed by atoms with Crippen LogP contribution in [-0.2, 0) is 15.6 Å². The maximum atomic E-state index is 12.2. The predicted octanol–water partition coefficient (Wildman–Crippen LogP) is 0.448. The molecule has 0 aliphatic carbocycles. The fourth-order valence-corrected chi connectivity index (χ4v) is 3.34. The summed E-state index contributed by atoms with van der Waals surface area (Å²) in [6.07, 6.45) is 0. The SMILES string of the molecule is NCC(CNCCS)S(=O)(=O)Cc1ccccc1. The van der Waals surface area contributed by atoms with Gasteiger partial charge in [0.15, 0.2) is 9.84 Å². The van der Waals surface area contributed by atoms with Crippen molar-refractivity contribution >= 4 is 22.5 Å². The first kappa shape index (κ1) is 15.5. The van der Waals surface area contributed by atoms with E-state index in [9.17, 15) is 8.42 Å². The number of hydrogen-bond acceptors (Lipinski definition) is 5. The number of hydrogen-bond donors (Lipinski definition) is 3. The molecule has 0 radical (unpaired) electrons. The third-order valence-corrected chi connectivity index (χ3v) is 4.98. The lowest BCUT2D eigenvalue weighted by atomic mass is 10.2. The van der Waals surface area contributed by atoms with Crippen LogP contribution in [0.2, 0.25) is 0 Å². The Bertz CT molecular complexity index is 435.